The number of esters is 1. The van der Waals surface area contributed by atoms with Gasteiger partial charge in [-0.15, -0.1) is 0 Å². The molecule has 2 aromatic rings. The normalized spacial score (nSPS) is 12.3. The number of nitrogens with zero attached hydrogens (tertiary/aromatic N) is 3. The zero-order valence-corrected chi connectivity index (χ0v) is 17.0. The first-order valence-corrected chi connectivity index (χ1v) is 9.77. The second-order valence-corrected chi connectivity index (χ2v) is 7.05. The number of aryl methyl sites for hydroxylation is 1. The molecular weight excluding hydrogens is 398 g/mol. The molecule has 8 heteroatoms. The first kappa shape index (κ1) is 21.7. The van der Waals surface area contributed by atoms with Crippen molar-refractivity contribution in [2.45, 2.75) is 19.8 Å². The Morgan fingerprint density at radius 2 is 1.77 bits per heavy atom. The molecule has 0 saturated heterocycles. The summed E-state index contributed by atoms with van der Waals surface area (Å²) in [6.07, 6.45) is 0.168. The maximum Gasteiger partial charge on any atom is 0.306 e. The molecule has 158 valence electrons. The van der Waals surface area contributed by atoms with Gasteiger partial charge in [-0.05, 0) is 37.6 Å². The first-order chi connectivity index (χ1) is 14.9. The molecule has 0 unspecified atom stereocenters. The van der Waals surface area contributed by atoms with E-state index in [0.29, 0.717) is 16.8 Å². The van der Waals surface area contributed by atoms with Gasteiger partial charge in [-0.25, -0.2) is 0 Å². The summed E-state index contributed by atoms with van der Waals surface area (Å²) in [5.41, 5.74) is 2.15. The van der Waals surface area contributed by atoms with E-state index in [4.69, 9.17) is 10.00 Å². The molecule has 0 spiro atoms. The summed E-state index contributed by atoms with van der Waals surface area (Å²) in [6.45, 7) is 1.26. The quantitative estimate of drug-likeness (QED) is 0.370. The lowest BCUT2D eigenvalue weighted by atomic mass is 10.1. The Hall–Kier alpha value is -3.99. The number of imide groups is 1. The Bertz CT molecular complexity index is 1060. The number of fused-ring (bicyclic) bond motifs is 1. The van der Waals surface area contributed by atoms with Crippen LogP contribution in [0.3, 0.4) is 0 Å². The third kappa shape index (κ3) is 4.95. The number of carbonyl (C=O) groups is 4. The van der Waals surface area contributed by atoms with E-state index in [2.05, 4.69) is 0 Å². The molecule has 0 aliphatic carbocycles. The number of carbonyl (C=O) groups excluding carboxylic acids is 4. The summed E-state index contributed by atoms with van der Waals surface area (Å²) in [5.74, 6) is -1.89. The van der Waals surface area contributed by atoms with Crippen molar-refractivity contribution >= 4 is 29.4 Å². The largest absolute Gasteiger partial charge is 0.456 e. The van der Waals surface area contributed by atoms with E-state index in [-0.39, 0.29) is 37.7 Å². The summed E-state index contributed by atoms with van der Waals surface area (Å²) < 4.78 is 5.02. The van der Waals surface area contributed by atoms with Crippen molar-refractivity contribution in [1.82, 2.24) is 4.90 Å². The maximum absolute atomic E-state index is 12.4. The van der Waals surface area contributed by atoms with Crippen molar-refractivity contribution in [1.29, 1.82) is 5.26 Å². The predicted octanol–water partition coefficient (Wildman–Crippen LogP) is 2.47. The molecule has 0 aromatic heterocycles. The number of para-hydroxylation sites is 1. The molecule has 0 N–H and O–H groups in total. The highest BCUT2D eigenvalue weighted by atomic mass is 16.5. The van der Waals surface area contributed by atoms with E-state index in [1.54, 1.807) is 48.5 Å². The SMILES string of the molecule is Cc1ccc2c(c1)C(=O)N(CCCC(=O)OCC(=O)N(CC#N)c1ccccc1)C2=O. The second-order valence-electron chi connectivity index (χ2n) is 7.05. The smallest absolute Gasteiger partial charge is 0.306 e. The molecular formula is C23H21N3O5. The zero-order chi connectivity index (χ0) is 22.4. The monoisotopic (exact) mass is 419 g/mol. The average molecular weight is 419 g/mol. The highest BCUT2D eigenvalue weighted by Gasteiger charge is 2.35. The maximum atomic E-state index is 12.4. The van der Waals surface area contributed by atoms with Gasteiger partial charge in [0, 0.05) is 18.7 Å². The number of rotatable bonds is 8. The fraction of sp³-hybridized carbons (Fsp3) is 0.261. The van der Waals surface area contributed by atoms with E-state index >= 15 is 0 Å². The molecule has 31 heavy (non-hydrogen) atoms. The molecule has 0 fully saturated rings. The van der Waals surface area contributed by atoms with Gasteiger partial charge in [0.1, 0.15) is 6.54 Å². The van der Waals surface area contributed by atoms with Crippen LogP contribution < -0.4 is 4.90 Å². The zero-order valence-electron chi connectivity index (χ0n) is 17.0. The van der Waals surface area contributed by atoms with Crippen molar-refractivity contribution in [2.24, 2.45) is 0 Å². The molecule has 0 bridgehead atoms. The van der Waals surface area contributed by atoms with Crippen LogP contribution in [0.25, 0.3) is 0 Å². The summed E-state index contributed by atoms with van der Waals surface area (Å²) in [4.78, 5) is 51.6. The van der Waals surface area contributed by atoms with Crippen LogP contribution in [-0.2, 0) is 14.3 Å². The van der Waals surface area contributed by atoms with E-state index < -0.39 is 18.5 Å². The predicted molar refractivity (Wildman–Crippen MR) is 111 cm³/mol. The molecule has 1 aliphatic heterocycles. The molecule has 8 nitrogen and oxygen atoms in total. The van der Waals surface area contributed by atoms with Crippen LogP contribution in [0.4, 0.5) is 5.69 Å². The molecule has 1 aliphatic rings. The van der Waals surface area contributed by atoms with Gasteiger partial charge in [-0.1, -0.05) is 29.8 Å². The van der Waals surface area contributed by atoms with Crippen molar-refractivity contribution < 1.29 is 23.9 Å². The van der Waals surface area contributed by atoms with Crippen LogP contribution in [0.15, 0.2) is 48.5 Å². The van der Waals surface area contributed by atoms with E-state index in [1.807, 2.05) is 13.0 Å². The lowest BCUT2D eigenvalue weighted by Gasteiger charge is -2.19. The number of anilines is 1. The number of ether oxygens (including phenoxy) is 1. The second kappa shape index (κ2) is 9.67. The molecule has 3 amide bonds. The number of amides is 3. The van der Waals surface area contributed by atoms with Gasteiger partial charge < -0.3 is 4.74 Å². The molecule has 0 radical (unpaired) electrons. The summed E-state index contributed by atoms with van der Waals surface area (Å²) in [5, 5.41) is 8.96. The Kier molecular flexibility index (Phi) is 6.78. The average Bonchev–Trinajstić information content (AvgIpc) is 3.00. The van der Waals surface area contributed by atoms with Crippen LogP contribution in [0.1, 0.15) is 39.1 Å². The third-order valence-electron chi connectivity index (χ3n) is 4.84. The minimum Gasteiger partial charge on any atom is -0.456 e. The van der Waals surface area contributed by atoms with Crippen molar-refractivity contribution in [3.8, 4) is 6.07 Å². The van der Waals surface area contributed by atoms with Crippen LogP contribution in [0.2, 0.25) is 0 Å². The van der Waals surface area contributed by atoms with E-state index in [1.165, 1.54) is 4.90 Å². The number of benzene rings is 2. The fourth-order valence-corrected chi connectivity index (χ4v) is 3.28. The lowest BCUT2D eigenvalue weighted by molar-refractivity contribution is -0.147. The summed E-state index contributed by atoms with van der Waals surface area (Å²) >= 11 is 0. The van der Waals surface area contributed by atoms with Gasteiger partial charge in [-0.3, -0.25) is 29.0 Å². The molecule has 1 heterocycles. The third-order valence-corrected chi connectivity index (χ3v) is 4.84. The van der Waals surface area contributed by atoms with Gasteiger partial charge in [0.25, 0.3) is 17.7 Å². The fourth-order valence-electron chi connectivity index (χ4n) is 3.28. The van der Waals surface area contributed by atoms with Gasteiger partial charge in [0.2, 0.25) is 0 Å². The summed E-state index contributed by atoms with van der Waals surface area (Å²) in [7, 11) is 0. The highest BCUT2D eigenvalue weighted by Crippen LogP contribution is 2.24. The Labute approximate surface area is 179 Å². The standard InChI is InChI=1S/C23H21N3O5/c1-16-9-10-18-19(14-16)23(30)26(22(18)29)12-5-8-21(28)31-15-20(27)25(13-11-24)17-6-3-2-4-7-17/h2-4,6-7,9-10,14H,5,8,12-13,15H2,1H3. The molecule has 2 aromatic carbocycles. The van der Waals surface area contributed by atoms with Gasteiger partial charge in [0.15, 0.2) is 6.61 Å². The lowest BCUT2D eigenvalue weighted by Crippen LogP contribution is -2.35. The highest BCUT2D eigenvalue weighted by molar-refractivity contribution is 6.21. The topological polar surface area (TPSA) is 108 Å². The van der Waals surface area contributed by atoms with E-state index in [9.17, 15) is 19.2 Å². The van der Waals surface area contributed by atoms with Crippen molar-refractivity contribution in [3.63, 3.8) is 0 Å². The van der Waals surface area contributed by atoms with Gasteiger partial charge in [0.05, 0.1) is 17.2 Å². The van der Waals surface area contributed by atoms with Crippen molar-refractivity contribution in [3.05, 3.63) is 65.2 Å². The van der Waals surface area contributed by atoms with Crippen LogP contribution in [0.5, 0.6) is 0 Å². The number of hydrogen-bond acceptors (Lipinski definition) is 6. The Balaban J connectivity index is 1.47. The molecule has 3 rings (SSSR count). The van der Waals surface area contributed by atoms with Crippen LogP contribution in [0, 0.1) is 18.3 Å². The summed E-state index contributed by atoms with van der Waals surface area (Å²) in [6, 6.07) is 15.6. The number of hydrogen-bond donors (Lipinski definition) is 0. The van der Waals surface area contributed by atoms with Crippen LogP contribution >= 0.6 is 0 Å². The molecule has 0 atom stereocenters. The van der Waals surface area contributed by atoms with Crippen molar-refractivity contribution in [2.75, 3.05) is 24.6 Å². The number of nitriles is 1. The van der Waals surface area contributed by atoms with Gasteiger partial charge in [-0.2, -0.15) is 5.26 Å². The first-order valence-electron chi connectivity index (χ1n) is 9.77. The van der Waals surface area contributed by atoms with Crippen LogP contribution in [-0.4, -0.2) is 48.3 Å². The Morgan fingerprint density at radius 3 is 2.48 bits per heavy atom. The molecule has 0 saturated carbocycles. The Morgan fingerprint density at radius 1 is 1.06 bits per heavy atom. The minimum absolute atomic E-state index is 0.0523. The minimum atomic E-state index is -0.620. The van der Waals surface area contributed by atoms with Gasteiger partial charge >= 0.3 is 5.97 Å². The van der Waals surface area contributed by atoms with E-state index in [0.717, 1.165) is 10.5 Å².